The van der Waals surface area contributed by atoms with Crippen LogP contribution >= 0.6 is 0 Å². The number of aromatic nitrogens is 2. The summed E-state index contributed by atoms with van der Waals surface area (Å²) in [6, 6.07) is 17.6. The second kappa shape index (κ2) is 8.73. The number of H-pyrrole nitrogens is 1. The summed E-state index contributed by atoms with van der Waals surface area (Å²) in [5.74, 6) is 1.54. The van der Waals surface area contributed by atoms with Gasteiger partial charge in [-0.25, -0.2) is 9.78 Å². The molecule has 2 heterocycles. The molecule has 2 aromatic heterocycles. The zero-order chi connectivity index (χ0) is 20.9. The molecule has 0 amide bonds. The molecule has 0 radical (unpaired) electrons. The lowest BCUT2D eigenvalue weighted by atomic mass is 10.1. The summed E-state index contributed by atoms with van der Waals surface area (Å²) in [5.41, 5.74) is 2.83. The van der Waals surface area contributed by atoms with Crippen LogP contribution in [0, 0.1) is 6.92 Å². The van der Waals surface area contributed by atoms with Crippen LogP contribution in [0.5, 0.6) is 11.6 Å². The summed E-state index contributed by atoms with van der Waals surface area (Å²) in [6.07, 6.45) is 2.02. The molecule has 154 valence electrons. The molecule has 7 heteroatoms. The Bertz CT molecular complexity index is 1160. The van der Waals surface area contributed by atoms with Gasteiger partial charge in [0.2, 0.25) is 11.8 Å². The Kier molecular flexibility index (Phi) is 5.70. The minimum Gasteiger partial charge on any atom is -0.492 e. The first-order valence-corrected chi connectivity index (χ1v) is 9.73. The molecule has 4 rings (SSSR count). The van der Waals surface area contributed by atoms with Crippen LogP contribution < -0.4 is 10.5 Å². The number of aryl methyl sites for hydroxylation is 3. The van der Waals surface area contributed by atoms with Crippen LogP contribution in [0.3, 0.4) is 0 Å². The van der Waals surface area contributed by atoms with Crippen LogP contribution in [0.25, 0.3) is 11.5 Å². The zero-order valence-electron chi connectivity index (χ0n) is 16.6. The number of aromatic amines is 1. The van der Waals surface area contributed by atoms with Crippen molar-refractivity contribution in [2.24, 2.45) is 0 Å². The first kappa shape index (κ1) is 19.6. The molecule has 0 aliphatic heterocycles. The van der Waals surface area contributed by atoms with E-state index in [0.29, 0.717) is 18.9 Å². The zero-order valence-corrected chi connectivity index (χ0v) is 16.6. The summed E-state index contributed by atoms with van der Waals surface area (Å²) >= 11 is 0. The van der Waals surface area contributed by atoms with Crippen LogP contribution in [-0.4, -0.2) is 15.1 Å². The number of benzene rings is 2. The molecule has 0 spiro atoms. The first-order chi connectivity index (χ1) is 14.6. The quantitative estimate of drug-likeness (QED) is 0.450. The predicted molar refractivity (Wildman–Crippen MR) is 110 cm³/mol. The molecule has 2 N–H and O–H groups in total. The smallest absolute Gasteiger partial charge is 0.419 e. The molecule has 0 bridgehead atoms. The second-order valence-electron chi connectivity index (χ2n) is 6.96. The van der Waals surface area contributed by atoms with E-state index in [1.807, 2.05) is 61.5 Å². The molecular formula is C23H22N2O5. The summed E-state index contributed by atoms with van der Waals surface area (Å²) in [7, 11) is 0. The van der Waals surface area contributed by atoms with Gasteiger partial charge in [-0.1, -0.05) is 30.3 Å². The number of nitrogens with zero attached hydrogens (tertiary/aromatic N) is 1. The highest BCUT2D eigenvalue weighted by atomic mass is 16.5. The molecule has 7 nitrogen and oxygen atoms in total. The molecule has 0 saturated heterocycles. The van der Waals surface area contributed by atoms with E-state index in [-0.39, 0.29) is 11.6 Å². The first-order valence-electron chi connectivity index (χ1n) is 9.73. The van der Waals surface area contributed by atoms with Crippen LogP contribution in [0.1, 0.15) is 29.2 Å². The van der Waals surface area contributed by atoms with E-state index in [2.05, 4.69) is 9.97 Å². The number of ether oxygens (including phenoxy) is 1. The van der Waals surface area contributed by atoms with Gasteiger partial charge in [0.15, 0.2) is 5.76 Å². The maximum Gasteiger partial charge on any atom is 0.419 e. The topological polar surface area (TPSA) is 101 Å². The van der Waals surface area contributed by atoms with E-state index in [4.69, 9.17) is 13.6 Å². The maximum atomic E-state index is 11.0. The van der Waals surface area contributed by atoms with Crippen molar-refractivity contribution >= 4 is 0 Å². The Morgan fingerprint density at radius 1 is 1.03 bits per heavy atom. The van der Waals surface area contributed by atoms with E-state index >= 15 is 0 Å². The van der Waals surface area contributed by atoms with Gasteiger partial charge in [0.05, 0.1) is 0 Å². The fraction of sp³-hybridized carbons (Fsp3) is 0.217. The van der Waals surface area contributed by atoms with Crippen molar-refractivity contribution in [3.63, 3.8) is 0 Å². The average Bonchev–Trinajstić information content (AvgIpc) is 3.29. The number of hydrogen-bond acceptors (Lipinski definition) is 6. The van der Waals surface area contributed by atoms with E-state index in [9.17, 15) is 9.90 Å². The number of oxazole rings is 2. The molecule has 2 aromatic carbocycles. The molecule has 30 heavy (non-hydrogen) atoms. The van der Waals surface area contributed by atoms with Crippen molar-refractivity contribution in [1.82, 2.24) is 9.97 Å². The van der Waals surface area contributed by atoms with Gasteiger partial charge in [-0.3, -0.25) is 4.98 Å². The normalized spacial score (nSPS) is 11.0. The fourth-order valence-electron chi connectivity index (χ4n) is 3.14. The van der Waals surface area contributed by atoms with E-state index in [0.717, 1.165) is 41.2 Å². The third-order valence-electron chi connectivity index (χ3n) is 4.78. The standard InChI is InChI=1S/C23H22N2O5/c1-15-19(24-22(29-15)17-7-3-2-4-8-17)14-28-18-12-10-16(11-13-18)6-5-9-20-21(26)25-23(27)30-20/h2-4,7-8,10-13,26H,5-6,9,14H2,1H3,(H,25,27). The van der Waals surface area contributed by atoms with Crippen molar-refractivity contribution < 1.29 is 18.7 Å². The Balaban J connectivity index is 1.30. The summed E-state index contributed by atoms with van der Waals surface area (Å²) in [6.45, 7) is 2.21. The molecular weight excluding hydrogens is 384 g/mol. The highest BCUT2D eigenvalue weighted by Gasteiger charge is 2.12. The van der Waals surface area contributed by atoms with Gasteiger partial charge >= 0.3 is 5.76 Å². The van der Waals surface area contributed by atoms with E-state index in [1.54, 1.807) is 0 Å². The van der Waals surface area contributed by atoms with Crippen molar-refractivity contribution in [1.29, 1.82) is 0 Å². The van der Waals surface area contributed by atoms with Crippen LogP contribution in [0.2, 0.25) is 0 Å². The molecule has 0 aliphatic rings. The van der Waals surface area contributed by atoms with Gasteiger partial charge in [0, 0.05) is 12.0 Å². The number of hydrogen-bond donors (Lipinski definition) is 2. The van der Waals surface area contributed by atoms with Gasteiger partial charge in [-0.05, 0) is 49.6 Å². The molecule has 0 saturated carbocycles. The monoisotopic (exact) mass is 406 g/mol. The highest BCUT2D eigenvalue weighted by molar-refractivity contribution is 5.53. The number of rotatable bonds is 8. The molecule has 0 atom stereocenters. The van der Waals surface area contributed by atoms with Gasteiger partial charge in [0.1, 0.15) is 23.8 Å². The SMILES string of the molecule is Cc1oc(-c2ccccc2)nc1COc1ccc(CCCc2oc(=O)[nH]c2O)cc1. The Morgan fingerprint density at radius 3 is 2.50 bits per heavy atom. The van der Waals surface area contributed by atoms with E-state index in [1.165, 1.54) is 0 Å². The molecule has 0 unspecified atom stereocenters. The van der Waals surface area contributed by atoms with Crippen LogP contribution in [-0.2, 0) is 19.4 Å². The molecule has 0 aliphatic carbocycles. The number of nitrogens with one attached hydrogen (secondary N) is 1. The van der Waals surface area contributed by atoms with Gasteiger partial charge in [0.25, 0.3) is 0 Å². The van der Waals surface area contributed by atoms with Gasteiger partial charge < -0.3 is 18.7 Å². The second-order valence-corrected chi connectivity index (χ2v) is 6.96. The van der Waals surface area contributed by atoms with Gasteiger partial charge in [-0.2, -0.15) is 0 Å². The lowest BCUT2D eigenvalue weighted by Gasteiger charge is -2.06. The van der Waals surface area contributed by atoms with Crippen LogP contribution in [0.4, 0.5) is 0 Å². The Morgan fingerprint density at radius 2 is 1.80 bits per heavy atom. The van der Waals surface area contributed by atoms with Crippen molar-refractivity contribution in [3.8, 4) is 23.1 Å². The predicted octanol–water partition coefficient (Wildman–Crippen LogP) is 4.39. The van der Waals surface area contributed by atoms with Crippen molar-refractivity contribution in [2.75, 3.05) is 0 Å². The fourth-order valence-corrected chi connectivity index (χ4v) is 3.14. The van der Waals surface area contributed by atoms with Crippen molar-refractivity contribution in [3.05, 3.63) is 87.9 Å². The van der Waals surface area contributed by atoms with Crippen molar-refractivity contribution in [2.45, 2.75) is 32.8 Å². The lowest BCUT2D eigenvalue weighted by molar-refractivity contribution is 0.299. The third kappa shape index (κ3) is 4.63. The Labute approximate surface area is 173 Å². The summed E-state index contributed by atoms with van der Waals surface area (Å²) in [4.78, 5) is 17.8. The molecule has 4 aromatic rings. The highest BCUT2D eigenvalue weighted by Crippen LogP contribution is 2.23. The van der Waals surface area contributed by atoms with Gasteiger partial charge in [-0.15, -0.1) is 0 Å². The Hall–Kier alpha value is -3.74. The number of aromatic hydroxyl groups is 1. The minimum absolute atomic E-state index is 0.192. The third-order valence-corrected chi connectivity index (χ3v) is 4.78. The average molecular weight is 406 g/mol. The lowest BCUT2D eigenvalue weighted by Crippen LogP contribution is -1.98. The van der Waals surface area contributed by atoms with E-state index < -0.39 is 5.76 Å². The summed E-state index contributed by atoms with van der Waals surface area (Å²) < 4.78 is 16.5. The molecule has 0 fully saturated rings. The summed E-state index contributed by atoms with van der Waals surface area (Å²) in [5, 5.41) is 9.53. The maximum absolute atomic E-state index is 11.0. The largest absolute Gasteiger partial charge is 0.492 e. The minimum atomic E-state index is -0.637. The van der Waals surface area contributed by atoms with Crippen LogP contribution in [0.15, 0.2) is 68.2 Å².